The number of hydrogen-bond donors (Lipinski definition) is 2. The molecule has 0 aromatic heterocycles. The van der Waals surface area contributed by atoms with Crippen LogP contribution in [0.25, 0.3) is 0 Å². The number of nitrogens with one attached hydrogen (secondary N) is 1. The first-order valence-corrected chi connectivity index (χ1v) is 5.42. The lowest BCUT2D eigenvalue weighted by Crippen LogP contribution is -2.36. The van der Waals surface area contributed by atoms with Gasteiger partial charge < -0.3 is 11.1 Å². The largest absolute Gasteiger partial charge is 0.326 e. The van der Waals surface area contributed by atoms with Gasteiger partial charge in [0.05, 0.1) is 0 Å². The Bertz CT molecular complexity index is 271. The maximum absolute atomic E-state index is 6.15. The smallest absolute Gasteiger partial charge is 0.0473 e. The minimum atomic E-state index is 0.264. The van der Waals surface area contributed by atoms with Crippen LogP contribution >= 0.6 is 0 Å². The second-order valence-electron chi connectivity index (χ2n) is 4.00. The van der Waals surface area contributed by atoms with Crippen molar-refractivity contribution in [3.05, 3.63) is 35.9 Å². The molecule has 76 valence electrons. The van der Waals surface area contributed by atoms with E-state index in [1.165, 1.54) is 18.4 Å². The summed E-state index contributed by atoms with van der Waals surface area (Å²) in [4.78, 5) is 0. The van der Waals surface area contributed by atoms with E-state index in [1.807, 2.05) is 6.07 Å². The van der Waals surface area contributed by atoms with E-state index in [0.29, 0.717) is 6.04 Å². The van der Waals surface area contributed by atoms with E-state index in [1.54, 1.807) is 0 Å². The summed E-state index contributed by atoms with van der Waals surface area (Å²) in [7, 11) is 0. The first-order chi connectivity index (χ1) is 6.88. The van der Waals surface area contributed by atoms with Crippen LogP contribution < -0.4 is 11.1 Å². The molecule has 2 atom stereocenters. The van der Waals surface area contributed by atoms with E-state index in [2.05, 4.69) is 29.6 Å². The lowest BCUT2D eigenvalue weighted by atomic mass is 9.98. The fraction of sp³-hybridized carbons (Fsp3) is 0.500. The van der Waals surface area contributed by atoms with E-state index in [0.717, 1.165) is 13.0 Å². The van der Waals surface area contributed by atoms with Gasteiger partial charge in [0.15, 0.2) is 0 Å². The maximum Gasteiger partial charge on any atom is 0.0473 e. The second kappa shape index (κ2) is 4.58. The molecule has 0 saturated carbocycles. The van der Waals surface area contributed by atoms with Crippen molar-refractivity contribution in [1.29, 1.82) is 0 Å². The Labute approximate surface area is 85.5 Å². The quantitative estimate of drug-likeness (QED) is 0.709. The van der Waals surface area contributed by atoms with Crippen LogP contribution in [0.15, 0.2) is 30.3 Å². The molecular weight excluding hydrogens is 172 g/mol. The summed E-state index contributed by atoms with van der Waals surface area (Å²) in [5.41, 5.74) is 7.47. The van der Waals surface area contributed by atoms with E-state index in [9.17, 15) is 0 Å². The Morgan fingerprint density at radius 2 is 1.93 bits per heavy atom. The van der Waals surface area contributed by atoms with E-state index in [4.69, 9.17) is 5.73 Å². The molecule has 2 rings (SSSR count). The van der Waals surface area contributed by atoms with Gasteiger partial charge in [-0.15, -0.1) is 0 Å². The molecule has 0 radical (unpaired) electrons. The van der Waals surface area contributed by atoms with Gasteiger partial charge in [-0.2, -0.15) is 0 Å². The van der Waals surface area contributed by atoms with Gasteiger partial charge in [-0.25, -0.2) is 0 Å². The van der Waals surface area contributed by atoms with Gasteiger partial charge in [-0.1, -0.05) is 36.8 Å². The highest BCUT2D eigenvalue weighted by molar-refractivity contribution is 5.20. The van der Waals surface area contributed by atoms with Crippen molar-refractivity contribution in [1.82, 2.24) is 5.32 Å². The number of hydrogen-bond acceptors (Lipinski definition) is 2. The molecule has 0 unspecified atom stereocenters. The summed E-state index contributed by atoms with van der Waals surface area (Å²) in [6, 6.07) is 11.1. The van der Waals surface area contributed by atoms with Crippen molar-refractivity contribution < 1.29 is 0 Å². The van der Waals surface area contributed by atoms with Gasteiger partial charge in [-0.05, 0) is 24.9 Å². The summed E-state index contributed by atoms with van der Waals surface area (Å²) < 4.78 is 0. The summed E-state index contributed by atoms with van der Waals surface area (Å²) in [5, 5.41) is 3.52. The van der Waals surface area contributed by atoms with Gasteiger partial charge in [0.25, 0.3) is 0 Å². The Kier molecular flexibility index (Phi) is 3.17. The fourth-order valence-electron chi connectivity index (χ4n) is 2.11. The van der Waals surface area contributed by atoms with Gasteiger partial charge in [0.2, 0.25) is 0 Å². The van der Waals surface area contributed by atoms with E-state index < -0.39 is 0 Å². The highest BCUT2D eigenvalue weighted by atomic mass is 15.0. The van der Waals surface area contributed by atoms with E-state index >= 15 is 0 Å². The predicted molar refractivity (Wildman–Crippen MR) is 59.0 cm³/mol. The number of nitrogens with two attached hydrogens (primary N) is 1. The standard InChI is InChI=1S/C12H18N2/c13-11-8-4-5-9-14-12(11)10-6-2-1-3-7-10/h1-3,6-7,11-12,14H,4-5,8-9,13H2/t11-,12+/m0/s1. The SMILES string of the molecule is N[C@H]1CCCCN[C@@H]1c1ccccc1. The van der Waals surface area contributed by atoms with Gasteiger partial charge in [-0.3, -0.25) is 0 Å². The zero-order valence-electron chi connectivity index (χ0n) is 8.45. The van der Waals surface area contributed by atoms with Crippen LogP contribution in [0.1, 0.15) is 30.9 Å². The molecule has 0 aliphatic carbocycles. The molecule has 2 nitrogen and oxygen atoms in total. The summed E-state index contributed by atoms with van der Waals surface area (Å²) >= 11 is 0. The predicted octanol–water partition coefficient (Wildman–Crippen LogP) is 1.83. The molecule has 0 bridgehead atoms. The maximum atomic E-state index is 6.15. The molecule has 1 aliphatic heterocycles. The summed E-state index contributed by atoms with van der Waals surface area (Å²) in [5.74, 6) is 0. The molecular formula is C12H18N2. The first kappa shape index (κ1) is 9.69. The topological polar surface area (TPSA) is 38.0 Å². The molecule has 1 heterocycles. The van der Waals surface area contributed by atoms with Crippen molar-refractivity contribution in [2.75, 3.05) is 6.54 Å². The molecule has 3 N–H and O–H groups in total. The average Bonchev–Trinajstić information content (AvgIpc) is 2.44. The highest BCUT2D eigenvalue weighted by Gasteiger charge is 2.20. The van der Waals surface area contributed by atoms with Crippen LogP contribution in [0.3, 0.4) is 0 Å². The minimum Gasteiger partial charge on any atom is -0.326 e. The molecule has 1 aromatic carbocycles. The van der Waals surface area contributed by atoms with Gasteiger partial charge in [0.1, 0.15) is 0 Å². The van der Waals surface area contributed by atoms with Gasteiger partial charge >= 0.3 is 0 Å². The Balaban J connectivity index is 2.15. The van der Waals surface area contributed by atoms with Crippen molar-refractivity contribution in [3.8, 4) is 0 Å². The van der Waals surface area contributed by atoms with Crippen LogP contribution in [0, 0.1) is 0 Å². The highest BCUT2D eigenvalue weighted by Crippen LogP contribution is 2.21. The summed E-state index contributed by atoms with van der Waals surface area (Å²) in [6.45, 7) is 1.09. The van der Waals surface area contributed by atoms with Crippen molar-refractivity contribution in [2.24, 2.45) is 5.73 Å². The third kappa shape index (κ3) is 2.14. The summed E-state index contributed by atoms with van der Waals surface area (Å²) in [6.07, 6.45) is 3.63. The van der Waals surface area contributed by atoms with Crippen molar-refractivity contribution in [3.63, 3.8) is 0 Å². The molecule has 0 spiro atoms. The number of rotatable bonds is 1. The van der Waals surface area contributed by atoms with E-state index in [-0.39, 0.29) is 6.04 Å². The Morgan fingerprint density at radius 3 is 2.71 bits per heavy atom. The van der Waals surface area contributed by atoms with Crippen LogP contribution in [-0.4, -0.2) is 12.6 Å². The lowest BCUT2D eigenvalue weighted by Gasteiger charge is -2.22. The fourth-order valence-corrected chi connectivity index (χ4v) is 2.11. The third-order valence-electron chi connectivity index (χ3n) is 2.92. The average molecular weight is 190 g/mol. The molecule has 14 heavy (non-hydrogen) atoms. The molecule has 2 heteroatoms. The molecule has 1 saturated heterocycles. The minimum absolute atomic E-state index is 0.264. The normalized spacial score (nSPS) is 28.4. The van der Waals surface area contributed by atoms with Crippen LogP contribution in [-0.2, 0) is 0 Å². The molecule has 0 amide bonds. The molecule has 1 aromatic rings. The first-order valence-electron chi connectivity index (χ1n) is 5.42. The zero-order valence-corrected chi connectivity index (χ0v) is 8.45. The van der Waals surface area contributed by atoms with Crippen molar-refractivity contribution in [2.45, 2.75) is 31.3 Å². The zero-order chi connectivity index (χ0) is 9.80. The van der Waals surface area contributed by atoms with Crippen LogP contribution in [0.4, 0.5) is 0 Å². The van der Waals surface area contributed by atoms with Crippen LogP contribution in [0.2, 0.25) is 0 Å². The lowest BCUT2D eigenvalue weighted by molar-refractivity contribution is 0.464. The second-order valence-corrected chi connectivity index (χ2v) is 4.00. The molecule has 1 fully saturated rings. The number of benzene rings is 1. The monoisotopic (exact) mass is 190 g/mol. The Morgan fingerprint density at radius 1 is 1.14 bits per heavy atom. The van der Waals surface area contributed by atoms with Gasteiger partial charge in [0, 0.05) is 12.1 Å². The van der Waals surface area contributed by atoms with Crippen LogP contribution in [0.5, 0.6) is 0 Å². The third-order valence-corrected chi connectivity index (χ3v) is 2.92. The van der Waals surface area contributed by atoms with Crippen molar-refractivity contribution >= 4 is 0 Å². The molecule has 1 aliphatic rings. The Hall–Kier alpha value is -0.860.